The van der Waals surface area contributed by atoms with Gasteiger partial charge >= 0.3 is 0 Å². The zero-order valence-corrected chi connectivity index (χ0v) is 16.8. The van der Waals surface area contributed by atoms with Crippen LogP contribution in [-0.4, -0.2) is 27.5 Å². The zero-order valence-electron chi connectivity index (χ0n) is 16.8. The minimum Gasteiger partial charge on any atom is -0.326 e. The van der Waals surface area contributed by atoms with Crippen molar-refractivity contribution in [3.63, 3.8) is 0 Å². The van der Waals surface area contributed by atoms with Crippen LogP contribution in [0.1, 0.15) is 30.5 Å². The Morgan fingerprint density at radius 1 is 0.900 bits per heavy atom. The first-order valence-corrected chi connectivity index (χ1v) is 9.42. The Bertz CT molecular complexity index is 1090. The van der Waals surface area contributed by atoms with E-state index >= 15 is 0 Å². The summed E-state index contributed by atoms with van der Waals surface area (Å²) in [5.41, 5.74) is 2.42. The van der Waals surface area contributed by atoms with E-state index in [0.717, 1.165) is 16.7 Å². The number of aryl methyl sites for hydroxylation is 1. The maximum atomic E-state index is 13.4. The third-order valence-electron chi connectivity index (χ3n) is 5.19. The predicted octanol–water partition coefficient (Wildman–Crippen LogP) is 2.62. The summed E-state index contributed by atoms with van der Waals surface area (Å²) >= 11 is 0. The van der Waals surface area contributed by atoms with E-state index in [1.807, 2.05) is 24.3 Å². The van der Waals surface area contributed by atoms with Gasteiger partial charge in [-0.3, -0.25) is 19.1 Å². The van der Waals surface area contributed by atoms with Gasteiger partial charge in [0.2, 0.25) is 17.7 Å². The van der Waals surface area contributed by atoms with Crippen LogP contribution in [0.15, 0.2) is 54.7 Å². The molecule has 2 aromatic carbocycles. The van der Waals surface area contributed by atoms with E-state index in [1.54, 1.807) is 42.2 Å². The summed E-state index contributed by atoms with van der Waals surface area (Å²) in [4.78, 5) is 36.1. The summed E-state index contributed by atoms with van der Waals surface area (Å²) in [6, 6.07) is 14.4. The summed E-state index contributed by atoms with van der Waals surface area (Å²) in [6.45, 7) is 2.89. The van der Waals surface area contributed by atoms with Crippen molar-refractivity contribution in [3.8, 4) is 0 Å². The molecule has 1 aromatic heterocycles. The lowest BCUT2D eigenvalue weighted by Crippen LogP contribution is -2.37. The second-order valence-corrected chi connectivity index (χ2v) is 7.25. The Balaban J connectivity index is 1.88. The topological polar surface area (TPSA) is 105 Å². The molecule has 3 aromatic rings. The number of rotatable bonds is 4. The Morgan fingerprint density at radius 3 is 1.80 bits per heavy atom. The van der Waals surface area contributed by atoms with Gasteiger partial charge in [-0.2, -0.15) is 5.10 Å². The number of fused-ring (bicyclic) bond motifs is 1. The second kappa shape index (κ2) is 7.14. The van der Waals surface area contributed by atoms with Crippen LogP contribution in [-0.2, 0) is 26.8 Å². The molecule has 2 heterocycles. The summed E-state index contributed by atoms with van der Waals surface area (Å²) in [5, 5.41) is 12.7. The van der Waals surface area contributed by atoms with Crippen LogP contribution in [0.5, 0.6) is 0 Å². The van der Waals surface area contributed by atoms with E-state index in [9.17, 15) is 14.4 Å². The number of nitrogens with zero attached hydrogens (tertiary/aromatic N) is 2. The highest BCUT2D eigenvalue weighted by atomic mass is 16.2. The third kappa shape index (κ3) is 3.02. The molecule has 0 bridgehead atoms. The molecule has 8 nitrogen and oxygen atoms in total. The molecule has 1 aliphatic rings. The maximum absolute atomic E-state index is 13.4. The lowest BCUT2D eigenvalue weighted by atomic mass is 9.71. The first-order chi connectivity index (χ1) is 14.3. The molecule has 4 rings (SSSR count). The van der Waals surface area contributed by atoms with Crippen LogP contribution in [0.4, 0.5) is 17.2 Å². The van der Waals surface area contributed by atoms with Crippen molar-refractivity contribution in [1.82, 2.24) is 9.78 Å². The number of carbonyl (C=O) groups is 3. The van der Waals surface area contributed by atoms with Gasteiger partial charge in [0.25, 0.3) is 0 Å². The van der Waals surface area contributed by atoms with Crippen molar-refractivity contribution in [2.24, 2.45) is 7.05 Å². The monoisotopic (exact) mass is 403 g/mol. The quantitative estimate of drug-likeness (QED) is 0.623. The fraction of sp³-hybridized carbons (Fsp3) is 0.182. The van der Waals surface area contributed by atoms with Gasteiger partial charge in [-0.1, -0.05) is 24.3 Å². The molecule has 0 atom stereocenters. The van der Waals surface area contributed by atoms with Gasteiger partial charge < -0.3 is 16.0 Å². The van der Waals surface area contributed by atoms with Gasteiger partial charge in [0, 0.05) is 37.8 Å². The highest BCUT2D eigenvalue weighted by Gasteiger charge is 2.51. The van der Waals surface area contributed by atoms with Crippen molar-refractivity contribution in [2.45, 2.75) is 19.3 Å². The van der Waals surface area contributed by atoms with Gasteiger partial charge in [0.05, 0.1) is 6.20 Å². The lowest BCUT2D eigenvalue weighted by Gasteiger charge is -2.28. The molecule has 0 fully saturated rings. The third-order valence-corrected chi connectivity index (χ3v) is 5.19. The molecular formula is C22H21N5O3. The van der Waals surface area contributed by atoms with E-state index < -0.39 is 5.41 Å². The van der Waals surface area contributed by atoms with Crippen molar-refractivity contribution in [2.75, 3.05) is 16.0 Å². The van der Waals surface area contributed by atoms with E-state index in [4.69, 9.17) is 0 Å². The number of carbonyl (C=O) groups excluding carboxylic acids is 3. The van der Waals surface area contributed by atoms with Crippen molar-refractivity contribution >= 4 is 34.9 Å². The number of amides is 3. The SMILES string of the molecule is CC(=O)Nc1ccc(C2(c3ccc(NC(C)=O)cc3)C(=O)Nc3c2cnn3C)cc1. The average Bonchev–Trinajstić information content (AvgIpc) is 3.19. The Kier molecular flexibility index (Phi) is 4.62. The fourth-order valence-electron chi connectivity index (χ4n) is 3.94. The molecule has 0 saturated carbocycles. The van der Waals surface area contributed by atoms with Crippen LogP contribution in [0, 0.1) is 0 Å². The normalized spacial score (nSPS) is 14.0. The summed E-state index contributed by atoms with van der Waals surface area (Å²) in [6.07, 6.45) is 1.69. The van der Waals surface area contributed by atoms with Gasteiger partial charge in [-0.05, 0) is 35.4 Å². The van der Waals surface area contributed by atoms with E-state index in [0.29, 0.717) is 17.2 Å². The zero-order chi connectivity index (χ0) is 21.5. The minimum absolute atomic E-state index is 0.167. The van der Waals surface area contributed by atoms with Crippen molar-refractivity contribution in [1.29, 1.82) is 0 Å². The summed E-state index contributed by atoms with van der Waals surface area (Å²) in [5.74, 6) is 0.111. The molecule has 0 spiro atoms. The Morgan fingerprint density at radius 2 is 1.37 bits per heavy atom. The number of hydrogen-bond acceptors (Lipinski definition) is 4. The first kappa shape index (κ1) is 19.4. The average molecular weight is 403 g/mol. The second-order valence-electron chi connectivity index (χ2n) is 7.25. The number of hydrogen-bond donors (Lipinski definition) is 3. The first-order valence-electron chi connectivity index (χ1n) is 9.42. The smallest absolute Gasteiger partial charge is 0.245 e. The molecule has 3 N–H and O–H groups in total. The molecule has 8 heteroatoms. The van der Waals surface area contributed by atoms with Gasteiger partial charge in [-0.15, -0.1) is 0 Å². The molecule has 3 amide bonds. The highest BCUT2D eigenvalue weighted by Crippen LogP contribution is 2.47. The van der Waals surface area contributed by atoms with Crippen LogP contribution in [0.2, 0.25) is 0 Å². The van der Waals surface area contributed by atoms with Crippen LogP contribution < -0.4 is 16.0 Å². The molecule has 0 saturated heterocycles. The Labute approximate surface area is 173 Å². The van der Waals surface area contributed by atoms with Crippen molar-refractivity contribution in [3.05, 3.63) is 71.4 Å². The molecule has 0 aliphatic carbocycles. The minimum atomic E-state index is -1.10. The van der Waals surface area contributed by atoms with E-state index in [1.165, 1.54) is 13.8 Å². The maximum Gasteiger partial charge on any atom is 0.245 e. The fourth-order valence-corrected chi connectivity index (χ4v) is 3.94. The van der Waals surface area contributed by atoms with E-state index in [2.05, 4.69) is 21.0 Å². The largest absolute Gasteiger partial charge is 0.326 e. The molecular weight excluding hydrogens is 382 g/mol. The predicted molar refractivity (Wildman–Crippen MR) is 113 cm³/mol. The van der Waals surface area contributed by atoms with Gasteiger partial charge in [0.15, 0.2) is 0 Å². The molecule has 0 radical (unpaired) electrons. The number of benzene rings is 2. The van der Waals surface area contributed by atoms with E-state index in [-0.39, 0.29) is 17.7 Å². The standard InChI is InChI=1S/C22H21N5O3/c1-13(28)24-17-8-4-15(5-9-17)22(16-6-10-18(11-7-16)25-14(2)29)19-12-23-27(3)20(19)26-21(22)30/h4-12H,1-3H3,(H,24,28)(H,25,29)(H,26,30). The van der Waals surface area contributed by atoms with Gasteiger partial charge in [-0.25, -0.2) is 0 Å². The molecule has 30 heavy (non-hydrogen) atoms. The molecule has 1 aliphatic heterocycles. The highest BCUT2D eigenvalue weighted by molar-refractivity contribution is 6.10. The summed E-state index contributed by atoms with van der Waals surface area (Å²) in [7, 11) is 1.77. The number of aromatic nitrogens is 2. The summed E-state index contributed by atoms with van der Waals surface area (Å²) < 4.78 is 1.63. The Hall–Kier alpha value is -3.94. The van der Waals surface area contributed by atoms with Gasteiger partial charge in [0.1, 0.15) is 11.2 Å². The molecule has 152 valence electrons. The lowest BCUT2D eigenvalue weighted by molar-refractivity contribution is -0.118. The van der Waals surface area contributed by atoms with Crippen LogP contribution >= 0.6 is 0 Å². The van der Waals surface area contributed by atoms with Crippen LogP contribution in [0.3, 0.4) is 0 Å². The number of nitrogens with one attached hydrogen (secondary N) is 3. The molecule has 0 unspecified atom stereocenters. The van der Waals surface area contributed by atoms with Crippen LogP contribution in [0.25, 0.3) is 0 Å². The van der Waals surface area contributed by atoms with Crippen molar-refractivity contribution < 1.29 is 14.4 Å². The number of anilines is 3.